The zero-order valence-electron chi connectivity index (χ0n) is 15.0. The highest BCUT2D eigenvalue weighted by Gasteiger charge is 2.05. The van der Waals surface area contributed by atoms with Gasteiger partial charge in [0, 0.05) is 16.7 Å². The van der Waals surface area contributed by atoms with E-state index in [1.54, 1.807) is 13.8 Å². The maximum atomic E-state index is 11.2. The van der Waals surface area contributed by atoms with Crippen molar-refractivity contribution in [1.82, 2.24) is 0 Å². The monoisotopic (exact) mass is 351 g/mol. The minimum Gasteiger partial charge on any atom is -0.772 e. The van der Waals surface area contributed by atoms with Gasteiger partial charge in [-0.25, -0.2) is 4.79 Å². The van der Waals surface area contributed by atoms with Gasteiger partial charge in [0.25, 0.3) is 0 Å². The van der Waals surface area contributed by atoms with Gasteiger partial charge in [-0.2, -0.15) is 0 Å². The lowest BCUT2D eigenvalue weighted by molar-refractivity contribution is 0.528. The minimum absolute atomic E-state index is 0.231. The van der Waals surface area contributed by atoms with E-state index in [1.165, 1.54) is 42.9 Å². The lowest BCUT2D eigenvalue weighted by atomic mass is 9.99. The number of hydrogen-bond acceptors (Lipinski definition) is 4. The summed E-state index contributed by atoms with van der Waals surface area (Å²) < 4.78 is 24.6. The molecule has 0 fully saturated rings. The molecule has 0 aliphatic heterocycles. The number of rotatable bonds is 6. The van der Waals surface area contributed by atoms with Gasteiger partial charge in [-0.1, -0.05) is 57.2 Å². The molecule has 0 bridgehead atoms. The van der Waals surface area contributed by atoms with Gasteiger partial charge in [0.2, 0.25) is 0 Å². The van der Waals surface area contributed by atoms with Crippen molar-refractivity contribution in [3.63, 3.8) is 0 Å². The number of unbranched alkanes of at least 4 members (excludes halogenated alkanes) is 3. The van der Waals surface area contributed by atoms with Crippen LogP contribution in [-0.4, -0.2) is 14.0 Å². The van der Waals surface area contributed by atoms with Crippen molar-refractivity contribution in [1.29, 1.82) is 0 Å². The second kappa shape index (κ2) is 10.4. The van der Waals surface area contributed by atoms with Crippen molar-refractivity contribution in [2.45, 2.75) is 65.0 Å². The average Bonchev–Trinajstić information content (AvgIpc) is 2.53. The lowest BCUT2D eigenvalue weighted by Crippen LogP contribution is -2.02. The van der Waals surface area contributed by atoms with Crippen LogP contribution in [0.4, 0.5) is 0 Å². The van der Waals surface area contributed by atoms with Gasteiger partial charge in [0.15, 0.2) is 0 Å². The Morgan fingerprint density at radius 1 is 1.12 bits per heavy atom. The largest absolute Gasteiger partial charge is 0.772 e. The van der Waals surface area contributed by atoms with Crippen LogP contribution < -0.4 is 5.63 Å². The summed E-state index contributed by atoms with van der Waals surface area (Å²) >= 11 is -1.87. The van der Waals surface area contributed by atoms with E-state index in [0.29, 0.717) is 5.58 Å². The zero-order valence-corrected chi connectivity index (χ0v) is 15.8. The minimum atomic E-state index is -1.87. The van der Waals surface area contributed by atoms with Crippen LogP contribution in [0.3, 0.4) is 0 Å². The topological polar surface area (TPSA) is 70.3 Å². The zero-order chi connectivity index (χ0) is 18.1. The molecule has 24 heavy (non-hydrogen) atoms. The molecular weight excluding hydrogens is 324 g/mol. The van der Waals surface area contributed by atoms with Crippen molar-refractivity contribution < 1.29 is 13.2 Å². The second-order valence-electron chi connectivity index (χ2n) is 6.14. The van der Waals surface area contributed by atoms with Gasteiger partial charge < -0.3 is 8.97 Å². The predicted octanol–water partition coefficient (Wildman–Crippen LogP) is 4.50. The Bertz CT molecular complexity index is 719. The summed E-state index contributed by atoms with van der Waals surface area (Å²) in [6.07, 6.45) is 6.21. The average molecular weight is 351 g/mol. The van der Waals surface area contributed by atoms with Crippen molar-refractivity contribution in [2.75, 3.05) is 0 Å². The first-order valence-corrected chi connectivity index (χ1v) is 9.61. The highest BCUT2D eigenvalue weighted by Crippen LogP contribution is 2.22. The summed E-state index contributed by atoms with van der Waals surface area (Å²) in [6, 6.07) is 7.37. The first kappa shape index (κ1) is 20.6. The SMILES string of the molecule is CC(C)S(=O)[O-].CCCCCCc1ccc2oc(=O)ccc2c1C. The van der Waals surface area contributed by atoms with Crippen LogP contribution in [-0.2, 0) is 17.5 Å². The first-order valence-electron chi connectivity index (χ1n) is 8.47. The van der Waals surface area contributed by atoms with E-state index in [1.807, 2.05) is 12.1 Å². The molecule has 0 saturated heterocycles. The molecule has 1 atom stereocenters. The molecule has 5 heteroatoms. The smallest absolute Gasteiger partial charge is 0.336 e. The molecule has 1 aromatic heterocycles. The van der Waals surface area contributed by atoms with Crippen LogP contribution in [0.2, 0.25) is 0 Å². The molecule has 0 aliphatic carbocycles. The van der Waals surface area contributed by atoms with Crippen LogP contribution in [0.15, 0.2) is 33.5 Å². The standard InChI is InChI=1S/C16H20O2.C3H8O2S/c1-3-4-5-6-7-13-8-10-15-14(12(13)2)9-11-16(17)18-15;1-3(2)6(4)5/h8-11H,3-7H2,1-2H3;3H,1-2H3,(H,4,5)/p-1. The highest BCUT2D eigenvalue weighted by molar-refractivity contribution is 7.79. The molecule has 0 saturated carbocycles. The molecule has 0 aliphatic rings. The van der Waals surface area contributed by atoms with Gasteiger partial charge in [0.1, 0.15) is 5.58 Å². The predicted molar refractivity (Wildman–Crippen MR) is 99.1 cm³/mol. The van der Waals surface area contributed by atoms with Gasteiger partial charge in [-0.3, -0.25) is 4.21 Å². The van der Waals surface area contributed by atoms with Crippen LogP contribution in [0, 0.1) is 6.92 Å². The van der Waals surface area contributed by atoms with E-state index in [0.717, 1.165) is 11.8 Å². The molecule has 134 valence electrons. The summed E-state index contributed by atoms with van der Waals surface area (Å²) in [5.41, 5.74) is 3.02. The molecule has 1 unspecified atom stereocenters. The fourth-order valence-electron chi connectivity index (χ4n) is 2.35. The number of hydrogen-bond donors (Lipinski definition) is 0. The van der Waals surface area contributed by atoms with E-state index in [4.69, 9.17) is 4.42 Å². The lowest BCUT2D eigenvalue weighted by Gasteiger charge is -2.08. The fraction of sp³-hybridized carbons (Fsp3) is 0.526. The molecule has 1 aromatic carbocycles. The molecular formula is C19H27O4S-. The third kappa shape index (κ3) is 6.57. The summed E-state index contributed by atoms with van der Waals surface area (Å²) in [6.45, 7) is 7.59. The van der Waals surface area contributed by atoms with E-state index in [-0.39, 0.29) is 10.9 Å². The number of benzene rings is 1. The molecule has 2 rings (SSSR count). The number of aryl methyl sites for hydroxylation is 2. The maximum absolute atomic E-state index is 11.2. The van der Waals surface area contributed by atoms with Crippen LogP contribution in [0.1, 0.15) is 57.6 Å². The van der Waals surface area contributed by atoms with E-state index in [2.05, 4.69) is 19.9 Å². The third-order valence-corrected chi connectivity index (χ3v) is 4.64. The Morgan fingerprint density at radius 2 is 1.79 bits per heavy atom. The van der Waals surface area contributed by atoms with Crippen LogP contribution in [0.25, 0.3) is 11.0 Å². The molecule has 2 aromatic rings. The quantitative estimate of drug-likeness (QED) is 0.436. The summed E-state index contributed by atoms with van der Waals surface area (Å²) in [5.74, 6) is 0. The molecule has 4 nitrogen and oxygen atoms in total. The first-order chi connectivity index (χ1) is 11.4. The van der Waals surface area contributed by atoms with E-state index >= 15 is 0 Å². The van der Waals surface area contributed by atoms with Crippen molar-refractivity contribution in [3.8, 4) is 0 Å². The summed E-state index contributed by atoms with van der Waals surface area (Å²) in [4.78, 5) is 11.2. The molecule has 0 radical (unpaired) electrons. The van der Waals surface area contributed by atoms with Gasteiger partial charge in [-0.15, -0.1) is 0 Å². The second-order valence-corrected chi connectivity index (χ2v) is 7.60. The highest BCUT2D eigenvalue weighted by atomic mass is 32.2. The van der Waals surface area contributed by atoms with Gasteiger partial charge in [0.05, 0.1) is 0 Å². The van der Waals surface area contributed by atoms with Crippen LogP contribution in [0.5, 0.6) is 0 Å². The van der Waals surface area contributed by atoms with Gasteiger partial charge >= 0.3 is 5.63 Å². The van der Waals surface area contributed by atoms with Crippen molar-refractivity contribution >= 4 is 22.0 Å². The third-order valence-electron chi connectivity index (χ3n) is 3.87. The Morgan fingerprint density at radius 3 is 2.38 bits per heavy atom. The Balaban J connectivity index is 0.000000413. The molecule has 0 amide bonds. The normalized spacial score (nSPS) is 12.1. The molecule has 1 heterocycles. The van der Waals surface area contributed by atoms with Crippen molar-refractivity contribution in [2.24, 2.45) is 0 Å². The number of fused-ring (bicyclic) bond motifs is 1. The van der Waals surface area contributed by atoms with E-state index < -0.39 is 11.1 Å². The maximum Gasteiger partial charge on any atom is 0.336 e. The fourth-order valence-corrected chi connectivity index (χ4v) is 2.35. The molecule has 0 N–H and O–H groups in total. The summed E-state index contributed by atoms with van der Waals surface area (Å²) in [7, 11) is 0. The van der Waals surface area contributed by atoms with Crippen LogP contribution >= 0.6 is 0 Å². The van der Waals surface area contributed by atoms with E-state index in [9.17, 15) is 13.6 Å². The van der Waals surface area contributed by atoms with Crippen molar-refractivity contribution in [3.05, 3.63) is 45.8 Å². The Kier molecular flexibility index (Phi) is 8.93. The van der Waals surface area contributed by atoms with Gasteiger partial charge in [-0.05, 0) is 43.0 Å². The molecule has 0 spiro atoms. The summed E-state index contributed by atoms with van der Waals surface area (Å²) in [5, 5.41) is 0.826. The Hall–Kier alpha value is -1.46. The Labute approximate surface area is 146 Å².